The summed E-state index contributed by atoms with van der Waals surface area (Å²) in [4.78, 5) is 4.60. The molecule has 0 unspecified atom stereocenters. The molecule has 5 heteroatoms. The van der Waals surface area contributed by atoms with Crippen LogP contribution >= 0.6 is 15.9 Å². The Balaban J connectivity index is 1.59. The summed E-state index contributed by atoms with van der Waals surface area (Å²) in [6.07, 6.45) is 0. The SMILES string of the molecule is Brc1ccccc1-c1nc2ccc(-c3ccc4c(c3)OCO4)cc2o1. The molecule has 0 bridgehead atoms. The molecular weight excluding hydrogens is 382 g/mol. The number of hydrogen-bond acceptors (Lipinski definition) is 4. The Kier molecular flexibility index (Phi) is 3.28. The molecule has 0 atom stereocenters. The highest BCUT2D eigenvalue weighted by Crippen LogP contribution is 2.37. The minimum atomic E-state index is 0.273. The lowest BCUT2D eigenvalue weighted by molar-refractivity contribution is 0.174. The number of oxazole rings is 1. The molecule has 4 nitrogen and oxygen atoms in total. The Bertz CT molecular complexity index is 1100. The Morgan fingerprint density at radius 1 is 0.840 bits per heavy atom. The molecule has 0 amide bonds. The first-order valence-electron chi connectivity index (χ1n) is 7.83. The van der Waals surface area contributed by atoms with Gasteiger partial charge in [-0.3, -0.25) is 0 Å². The minimum Gasteiger partial charge on any atom is -0.454 e. The summed E-state index contributed by atoms with van der Waals surface area (Å²) in [7, 11) is 0. The fourth-order valence-electron chi connectivity index (χ4n) is 2.93. The molecule has 1 aliphatic rings. The fraction of sp³-hybridized carbons (Fsp3) is 0.0500. The smallest absolute Gasteiger partial charge is 0.231 e. The van der Waals surface area contributed by atoms with E-state index in [4.69, 9.17) is 13.9 Å². The number of rotatable bonds is 2. The molecular formula is C20H12BrNO3. The zero-order valence-corrected chi connectivity index (χ0v) is 14.6. The van der Waals surface area contributed by atoms with E-state index in [1.165, 1.54) is 0 Å². The molecule has 122 valence electrons. The lowest BCUT2D eigenvalue weighted by atomic mass is 10.0. The molecule has 4 aromatic rings. The molecule has 25 heavy (non-hydrogen) atoms. The van der Waals surface area contributed by atoms with Crippen LogP contribution < -0.4 is 9.47 Å². The van der Waals surface area contributed by atoms with E-state index in [9.17, 15) is 0 Å². The first-order valence-corrected chi connectivity index (χ1v) is 8.63. The maximum Gasteiger partial charge on any atom is 0.231 e. The van der Waals surface area contributed by atoms with Crippen LogP contribution in [0.4, 0.5) is 0 Å². The van der Waals surface area contributed by atoms with Crippen molar-refractivity contribution in [1.29, 1.82) is 0 Å². The molecule has 2 heterocycles. The molecule has 0 radical (unpaired) electrons. The van der Waals surface area contributed by atoms with E-state index in [-0.39, 0.29) is 6.79 Å². The zero-order chi connectivity index (χ0) is 16.8. The van der Waals surface area contributed by atoms with Crippen LogP contribution in [0.1, 0.15) is 0 Å². The third-order valence-electron chi connectivity index (χ3n) is 4.20. The van der Waals surface area contributed by atoms with Crippen LogP contribution in [-0.4, -0.2) is 11.8 Å². The highest BCUT2D eigenvalue weighted by molar-refractivity contribution is 9.10. The molecule has 0 aliphatic carbocycles. The molecule has 0 fully saturated rings. The third kappa shape index (κ3) is 2.48. The lowest BCUT2D eigenvalue weighted by Gasteiger charge is -2.03. The summed E-state index contributed by atoms with van der Waals surface area (Å²) in [5, 5.41) is 0. The van der Waals surface area contributed by atoms with E-state index >= 15 is 0 Å². The maximum atomic E-state index is 5.99. The Morgan fingerprint density at radius 2 is 1.64 bits per heavy atom. The molecule has 5 rings (SSSR count). The van der Waals surface area contributed by atoms with Gasteiger partial charge < -0.3 is 13.9 Å². The van der Waals surface area contributed by atoms with E-state index in [1.54, 1.807) is 0 Å². The van der Waals surface area contributed by atoms with Crippen molar-refractivity contribution in [3.63, 3.8) is 0 Å². The number of nitrogens with zero attached hydrogens (tertiary/aromatic N) is 1. The summed E-state index contributed by atoms with van der Waals surface area (Å²) in [5.41, 5.74) is 4.60. The van der Waals surface area contributed by atoms with Crippen LogP contribution in [-0.2, 0) is 0 Å². The van der Waals surface area contributed by atoms with E-state index in [2.05, 4.69) is 20.9 Å². The van der Waals surface area contributed by atoms with Gasteiger partial charge in [-0.15, -0.1) is 0 Å². The Labute approximate surface area is 152 Å². The fourth-order valence-corrected chi connectivity index (χ4v) is 3.38. The van der Waals surface area contributed by atoms with Crippen molar-refractivity contribution < 1.29 is 13.9 Å². The van der Waals surface area contributed by atoms with E-state index in [0.29, 0.717) is 5.89 Å². The van der Waals surface area contributed by atoms with Crippen LogP contribution in [0.2, 0.25) is 0 Å². The maximum absolute atomic E-state index is 5.99. The average molecular weight is 394 g/mol. The summed E-state index contributed by atoms with van der Waals surface area (Å²) in [6, 6.07) is 19.8. The van der Waals surface area contributed by atoms with Crippen molar-refractivity contribution in [2.45, 2.75) is 0 Å². The first-order chi connectivity index (χ1) is 12.3. The van der Waals surface area contributed by atoms with Crippen molar-refractivity contribution in [2.75, 3.05) is 6.79 Å². The van der Waals surface area contributed by atoms with Crippen molar-refractivity contribution >= 4 is 27.0 Å². The number of hydrogen-bond donors (Lipinski definition) is 0. The predicted octanol–water partition coefficient (Wildman–Crippen LogP) is 5.65. The van der Waals surface area contributed by atoms with Crippen molar-refractivity contribution in [1.82, 2.24) is 4.98 Å². The minimum absolute atomic E-state index is 0.273. The quantitative estimate of drug-likeness (QED) is 0.441. The number of aromatic nitrogens is 1. The van der Waals surface area contributed by atoms with Gasteiger partial charge >= 0.3 is 0 Å². The predicted molar refractivity (Wildman–Crippen MR) is 98.7 cm³/mol. The van der Waals surface area contributed by atoms with Gasteiger partial charge in [-0.25, -0.2) is 4.98 Å². The van der Waals surface area contributed by atoms with Gasteiger partial charge in [0.2, 0.25) is 12.7 Å². The van der Waals surface area contributed by atoms with Gasteiger partial charge in [-0.2, -0.15) is 0 Å². The zero-order valence-electron chi connectivity index (χ0n) is 13.0. The van der Waals surface area contributed by atoms with Gasteiger partial charge in [0.05, 0.1) is 5.56 Å². The van der Waals surface area contributed by atoms with Gasteiger partial charge in [-0.1, -0.05) is 24.3 Å². The van der Waals surface area contributed by atoms with Gasteiger partial charge in [0, 0.05) is 4.47 Å². The number of fused-ring (bicyclic) bond motifs is 2. The summed E-state index contributed by atoms with van der Waals surface area (Å²) in [5.74, 6) is 2.15. The van der Waals surface area contributed by atoms with Gasteiger partial charge in [0.25, 0.3) is 0 Å². The third-order valence-corrected chi connectivity index (χ3v) is 4.89. The summed E-state index contributed by atoms with van der Waals surface area (Å²) < 4.78 is 17.8. The molecule has 3 aromatic carbocycles. The summed E-state index contributed by atoms with van der Waals surface area (Å²) in [6.45, 7) is 0.273. The molecule has 0 saturated heterocycles. The molecule has 1 aliphatic heterocycles. The molecule has 1 aromatic heterocycles. The molecule has 0 saturated carbocycles. The van der Waals surface area contributed by atoms with Crippen LogP contribution in [0.5, 0.6) is 11.5 Å². The van der Waals surface area contributed by atoms with Crippen LogP contribution in [0.3, 0.4) is 0 Å². The van der Waals surface area contributed by atoms with E-state index < -0.39 is 0 Å². The molecule has 0 N–H and O–H groups in total. The van der Waals surface area contributed by atoms with Crippen LogP contribution in [0, 0.1) is 0 Å². The second kappa shape index (κ2) is 5.63. The van der Waals surface area contributed by atoms with Crippen LogP contribution in [0.25, 0.3) is 33.7 Å². The second-order valence-electron chi connectivity index (χ2n) is 5.75. The van der Waals surface area contributed by atoms with Crippen molar-refractivity contribution in [3.8, 4) is 34.1 Å². The summed E-state index contributed by atoms with van der Waals surface area (Å²) >= 11 is 3.54. The number of halogens is 1. The largest absolute Gasteiger partial charge is 0.454 e. The van der Waals surface area contributed by atoms with Gasteiger partial charge in [0.15, 0.2) is 17.1 Å². The standard InChI is InChI=1S/C20H12BrNO3/c21-15-4-2-1-3-14(15)20-22-16-7-5-12(9-18(16)25-20)13-6-8-17-19(10-13)24-11-23-17/h1-10H,11H2. The van der Waals surface area contributed by atoms with E-state index in [0.717, 1.165) is 43.8 Å². The van der Waals surface area contributed by atoms with Gasteiger partial charge in [-0.05, 0) is 63.5 Å². The Hall–Kier alpha value is -2.79. The number of benzene rings is 3. The van der Waals surface area contributed by atoms with Crippen molar-refractivity contribution in [3.05, 3.63) is 65.1 Å². The first kappa shape index (κ1) is 14.5. The average Bonchev–Trinajstić information content (AvgIpc) is 3.27. The van der Waals surface area contributed by atoms with E-state index in [1.807, 2.05) is 60.7 Å². The van der Waals surface area contributed by atoms with Crippen LogP contribution in [0.15, 0.2) is 69.6 Å². The monoisotopic (exact) mass is 393 g/mol. The topological polar surface area (TPSA) is 44.5 Å². The Morgan fingerprint density at radius 3 is 2.56 bits per heavy atom. The molecule has 0 spiro atoms. The van der Waals surface area contributed by atoms with Gasteiger partial charge in [0.1, 0.15) is 5.52 Å². The highest BCUT2D eigenvalue weighted by Gasteiger charge is 2.15. The lowest BCUT2D eigenvalue weighted by Crippen LogP contribution is -1.92. The second-order valence-corrected chi connectivity index (χ2v) is 6.60. The van der Waals surface area contributed by atoms with Crippen molar-refractivity contribution in [2.24, 2.45) is 0 Å². The number of ether oxygens (including phenoxy) is 2. The highest BCUT2D eigenvalue weighted by atomic mass is 79.9. The normalized spacial score (nSPS) is 12.7.